The number of halogens is 12. The largest absolute Gasteiger partial charge is 0.448 e. The molecule has 7 aromatic rings. The Morgan fingerprint density at radius 2 is 0.824 bits per heavy atom. The molecule has 7 aromatic heterocycles. The molecule has 0 unspecified atom stereocenters. The van der Waals surface area contributed by atoms with Gasteiger partial charge in [0.2, 0.25) is 49.0 Å². The van der Waals surface area contributed by atoms with Crippen LogP contribution in [0.15, 0.2) is 128 Å². The molecular weight excluding hydrogens is 917 g/mol. The first-order chi connectivity index (χ1) is 32.1. The van der Waals surface area contributed by atoms with Crippen LogP contribution in [0, 0.1) is 0 Å². The Balaban J connectivity index is 1.58. The molecule has 0 radical (unpaired) electrons. The molecule has 0 saturated heterocycles. The van der Waals surface area contributed by atoms with E-state index in [4.69, 9.17) is 4.98 Å². The molecule has 2 aliphatic heterocycles. The maximum Gasteiger partial charge on any atom is 0.448 e. The summed E-state index contributed by atoms with van der Waals surface area (Å²) in [6.07, 6.45) is -10.2. The first-order valence-electron chi connectivity index (χ1n) is 20.6. The second-order valence-electron chi connectivity index (χ2n) is 15.9. The van der Waals surface area contributed by atoms with Crippen LogP contribution in [-0.4, -0.2) is 44.6 Å². The summed E-state index contributed by atoms with van der Waals surface area (Å²) in [6.45, 7) is -6.35. The van der Waals surface area contributed by atoms with Gasteiger partial charge in [-0.3, -0.25) is 0 Å². The molecule has 346 valence electrons. The molecule has 0 aromatic carbocycles. The molecule has 0 atom stereocenters. The smallest absolute Gasteiger partial charge is 0.355 e. The molecule has 0 fully saturated rings. The molecule has 2 aliphatic rings. The lowest BCUT2D eigenvalue weighted by Gasteiger charge is -2.13. The van der Waals surface area contributed by atoms with Crippen molar-refractivity contribution in [2.45, 2.75) is 50.9 Å². The average molecular weight is 951 g/mol. The van der Waals surface area contributed by atoms with Crippen LogP contribution in [0.2, 0.25) is 0 Å². The predicted octanol–water partition coefficient (Wildman–Crippen LogP) is 10.5. The highest BCUT2D eigenvalue weighted by Crippen LogP contribution is 2.44. The second kappa shape index (κ2) is 17.2. The summed E-state index contributed by atoms with van der Waals surface area (Å²) in [5, 5.41) is 0. The van der Waals surface area contributed by atoms with Gasteiger partial charge in [0.25, 0.3) is 0 Å². The third-order valence-electron chi connectivity index (χ3n) is 10.8. The van der Waals surface area contributed by atoms with Gasteiger partial charge < -0.3 is 9.97 Å². The van der Waals surface area contributed by atoms with Crippen molar-refractivity contribution in [3.8, 4) is 33.8 Å². The molecular formula is C48H34F12N8+4. The molecule has 2 N–H and O–H groups in total. The highest BCUT2D eigenvalue weighted by molar-refractivity contribution is 6.08. The molecule has 9 heterocycles. The number of aromatic nitrogens is 8. The Kier molecular flexibility index (Phi) is 11.5. The lowest BCUT2D eigenvalue weighted by molar-refractivity contribution is -0.721. The minimum absolute atomic E-state index is 0.0408. The lowest BCUT2D eigenvalue weighted by Crippen LogP contribution is -2.44. The van der Waals surface area contributed by atoms with Crippen molar-refractivity contribution in [1.82, 2.24) is 19.9 Å². The molecule has 68 heavy (non-hydrogen) atoms. The topological polar surface area (TPSA) is 72.9 Å². The quantitative estimate of drug-likeness (QED) is 0.118. The number of nitrogens with zero attached hydrogens (tertiary/aromatic N) is 6. The first-order valence-corrected chi connectivity index (χ1v) is 20.6. The van der Waals surface area contributed by atoms with Crippen LogP contribution in [0.3, 0.4) is 0 Å². The number of rotatable bonds is 8. The van der Waals surface area contributed by atoms with E-state index in [2.05, 4.69) is 15.0 Å². The van der Waals surface area contributed by atoms with Gasteiger partial charge in [-0.25, -0.2) is 9.97 Å². The fraction of sp³-hybridized carbons (Fsp3) is 0.167. The summed E-state index contributed by atoms with van der Waals surface area (Å²) in [5.41, 5.74) is -0.221. The lowest BCUT2D eigenvalue weighted by atomic mass is 9.95. The number of pyridine rings is 4. The molecule has 0 spiro atoms. The van der Waals surface area contributed by atoms with Crippen LogP contribution in [0.25, 0.3) is 79.6 Å². The maximum atomic E-state index is 14.6. The van der Waals surface area contributed by atoms with Gasteiger partial charge in [-0.1, -0.05) is 0 Å². The molecule has 8 bridgehead atoms. The predicted molar refractivity (Wildman–Crippen MR) is 225 cm³/mol. The average Bonchev–Trinajstić information content (AvgIpc) is 4.05. The molecule has 0 saturated carbocycles. The summed E-state index contributed by atoms with van der Waals surface area (Å²) < 4.78 is 177. The van der Waals surface area contributed by atoms with Gasteiger partial charge in [0.05, 0.1) is 56.1 Å². The van der Waals surface area contributed by atoms with E-state index in [-0.39, 0.29) is 73.2 Å². The Morgan fingerprint density at radius 1 is 0.412 bits per heavy atom. The van der Waals surface area contributed by atoms with Crippen molar-refractivity contribution in [3.05, 3.63) is 156 Å². The molecule has 0 aliphatic carbocycles. The van der Waals surface area contributed by atoms with Crippen LogP contribution < -0.4 is 18.3 Å². The molecule has 9 rings (SSSR count). The van der Waals surface area contributed by atoms with E-state index < -0.39 is 50.9 Å². The normalized spacial score (nSPS) is 13.3. The van der Waals surface area contributed by atoms with Gasteiger partial charge in [0, 0.05) is 59.6 Å². The second-order valence-corrected chi connectivity index (χ2v) is 15.9. The zero-order valence-corrected chi connectivity index (χ0v) is 34.9. The number of hydrogen-bond acceptors (Lipinski definition) is 2. The number of nitrogens with one attached hydrogen (secondary N) is 2. The van der Waals surface area contributed by atoms with Crippen LogP contribution in [0.5, 0.6) is 0 Å². The van der Waals surface area contributed by atoms with E-state index in [1.165, 1.54) is 84.9 Å². The van der Waals surface area contributed by atoms with Gasteiger partial charge in [0.15, 0.2) is 24.8 Å². The Bertz CT molecular complexity index is 3320. The van der Waals surface area contributed by atoms with Gasteiger partial charge in [-0.2, -0.15) is 71.0 Å². The minimum atomic E-state index is -4.88. The number of hydrogen-bond donors (Lipinski definition) is 2. The van der Waals surface area contributed by atoms with Crippen molar-refractivity contribution >= 4 is 45.9 Å². The van der Waals surface area contributed by atoms with Crippen LogP contribution in [-0.2, 0) is 26.2 Å². The number of H-pyrrole nitrogens is 2. The van der Waals surface area contributed by atoms with Crippen LogP contribution in [0.1, 0.15) is 28.5 Å². The SMILES string of the molecule is FC(F)(F)C[n+]1ccccc1C1=Cc2cc3ccc(cc4nc(cc5[nH]c(c(-c6cccc[n+]6CC(F)(F)F)c1n2)c(-c1cccc[n+]1CC(F)(F)F)c5-c1cccc[n+]1CC(F)(F)F)C=C4)[nH]3. The van der Waals surface area contributed by atoms with Crippen LogP contribution >= 0.6 is 0 Å². The molecule has 0 amide bonds. The Hall–Kier alpha value is -7.64. The van der Waals surface area contributed by atoms with Crippen molar-refractivity contribution in [1.29, 1.82) is 0 Å². The van der Waals surface area contributed by atoms with Gasteiger partial charge in [0.1, 0.15) is 0 Å². The van der Waals surface area contributed by atoms with E-state index in [1.807, 2.05) is 0 Å². The third-order valence-corrected chi connectivity index (χ3v) is 10.8. The monoisotopic (exact) mass is 950 g/mol. The number of aromatic amines is 2. The third kappa shape index (κ3) is 10.0. The summed E-state index contributed by atoms with van der Waals surface area (Å²) in [7, 11) is 0. The van der Waals surface area contributed by atoms with Crippen molar-refractivity contribution < 1.29 is 71.0 Å². The van der Waals surface area contributed by atoms with E-state index in [0.717, 1.165) is 43.1 Å². The fourth-order valence-electron chi connectivity index (χ4n) is 8.38. The Labute approximate surface area is 377 Å². The zero-order chi connectivity index (χ0) is 48.2. The van der Waals surface area contributed by atoms with Crippen molar-refractivity contribution in [3.63, 3.8) is 0 Å². The minimum Gasteiger partial charge on any atom is -0.355 e. The molecule has 20 heteroatoms. The fourth-order valence-corrected chi connectivity index (χ4v) is 8.38. The van der Waals surface area contributed by atoms with Gasteiger partial charge in [-0.05, 0) is 72.8 Å². The van der Waals surface area contributed by atoms with Crippen molar-refractivity contribution in [2.24, 2.45) is 0 Å². The van der Waals surface area contributed by atoms with E-state index in [0.29, 0.717) is 16.7 Å². The van der Waals surface area contributed by atoms with Crippen molar-refractivity contribution in [2.75, 3.05) is 0 Å². The van der Waals surface area contributed by atoms with E-state index in [9.17, 15) is 52.7 Å². The highest BCUT2D eigenvalue weighted by atomic mass is 19.4. The number of alkyl halides is 12. The molecule has 8 nitrogen and oxygen atoms in total. The Morgan fingerprint density at radius 3 is 1.31 bits per heavy atom. The first kappa shape index (κ1) is 45.5. The van der Waals surface area contributed by atoms with Gasteiger partial charge >= 0.3 is 24.7 Å². The van der Waals surface area contributed by atoms with Gasteiger partial charge in [-0.15, -0.1) is 0 Å². The summed E-state index contributed by atoms with van der Waals surface area (Å²) >= 11 is 0. The van der Waals surface area contributed by atoms with E-state index >= 15 is 0 Å². The zero-order valence-electron chi connectivity index (χ0n) is 34.9. The summed E-state index contributed by atoms with van der Waals surface area (Å²) in [6, 6.07) is 24.2. The standard InChI is InChI=1S/C48H32F12N8/c49-45(50,51)25-65-17-5-1-9-36(65)34-23-33-22-31-14-13-29(61-31)21-30-15-16-32(62-30)24-35-40(37-10-2-6-18-66(37)26-46(52,53)54)41(38-11-3-7-19-67(38)27-47(55,56)57)44(64-35)42(43(34)63-33)39-12-4-8-20-68(39)28-48(58,59)60/h1-24H,25-28H2/q+2/p+2. The maximum absolute atomic E-state index is 14.6. The van der Waals surface area contributed by atoms with E-state index in [1.54, 1.807) is 36.4 Å². The van der Waals surface area contributed by atoms with Crippen LogP contribution in [0.4, 0.5) is 52.7 Å². The number of fused-ring (bicyclic) bond motifs is 8. The summed E-state index contributed by atoms with van der Waals surface area (Å²) in [5.74, 6) is 0. The highest BCUT2D eigenvalue weighted by Gasteiger charge is 2.42. The summed E-state index contributed by atoms with van der Waals surface area (Å²) in [4.78, 5) is 16.0.